The molecule has 1 aromatic carbocycles. The molecule has 0 atom stereocenters. The zero-order valence-electron chi connectivity index (χ0n) is 11.0. The van der Waals surface area contributed by atoms with E-state index in [1.165, 1.54) is 22.3 Å². The number of hydrogen-bond donors (Lipinski definition) is 2. The highest BCUT2D eigenvalue weighted by molar-refractivity contribution is 7.80. The molecule has 0 bridgehead atoms. The third kappa shape index (κ3) is 3.02. The molecule has 16 heavy (non-hydrogen) atoms. The number of benzene rings is 1. The maximum absolute atomic E-state index is 4.20. The highest BCUT2D eigenvalue weighted by Crippen LogP contribution is 2.29. The summed E-state index contributed by atoms with van der Waals surface area (Å²) in [5.41, 5.74) is 5.75. The molecule has 2 heteroatoms. The highest BCUT2D eigenvalue weighted by Gasteiger charge is 2.23. The van der Waals surface area contributed by atoms with Crippen molar-refractivity contribution in [1.82, 2.24) is 5.32 Å². The van der Waals surface area contributed by atoms with Crippen molar-refractivity contribution in [2.24, 2.45) is 0 Å². The van der Waals surface area contributed by atoms with Crippen LogP contribution < -0.4 is 5.32 Å². The number of aryl methyl sites for hydroxylation is 3. The van der Waals surface area contributed by atoms with Crippen LogP contribution in [0.3, 0.4) is 0 Å². The lowest BCUT2D eigenvalue weighted by atomic mass is 9.79. The van der Waals surface area contributed by atoms with E-state index < -0.39 is 0 Å². The van der Waals surface area contributed by atoms with Crippen molar-refractivity contribution < 1.29 is 0 Å². The third-order valence-corrected chi connectivity index (χ3v) is 3.26. The van der Waals surface area contributed by atoms with E-state index in [0.717, 1.165) is 12.4 Å². The monoisotopic (exact) mass is 237 g/mol. The van der Waals surface area contributed by atoms with Gasteiger partial charge in [0.05, 0.1) is 0 Å². The van der Waals surface area contributed by atoms with E-state index in [1.807, 2.05) is 0 Å². The van der Waals surface area contributed by atoms with Gasteiger partial charge in [-0.3, -0.25) is 0 Å². The van der Waals surface area contributed by atoms with Gasteiger partial charge in [0.25, 0.3) is 0 Å². The van der Waals surface area contributed by atoms with Gasteiger partial charge in [-0.05, 0) is 37.5 Å². The lowest BCUT2D eigenvalue weighted by molar-refractivity contribution is 0.485. The zero-order valence-corrected chi connectivity index (χ0v) is 11.9. The molecule has 0 heterocycles. The van der Waals surface area contributed by atoms with E-state index >= 15 is 0 Å². The normalized spacial score (nSPS) is 11.9. The average Bonchev–Trinajstić information content (AvgIpc) is 2.12. The molecule has 0 aliphatic heterocycles. The summed E-state index contributed by atoms with van der Waals surface area (Å²) in [7, 11) is 0. The van der Waals surface area contributed by atoms with Gasteiger partial charge < -0.3 is 5.32 Å². The van der Waals surface area contributed by atoms with Crippen LogP contribution in [0.2, 0.25) is 0 Å². The molecule has 0 aliphatic carbocycles. The van der Waals surface area contributed by atoms with Crippen LogP contribution in [-0.2, 0) is 5.41 Å². The van der Waals surface area contributed by atoms with Crippen molar-refractivity contribution in [2.45, 2.75) is 40.0 Å². The summed E-state index contributed by atoms with van der Waals surface area (Å²) in [4.78, 5) is 0. The van der Waals surface area contributed by atoms with Crippen molar-refractivity contribution in [3.8, 4) is 0 Å². The Hall–Kier alpha value is -0.470. The number of thiol groups is 1. The quantitative estimate of drug-likeness (QED) is 0.604. The van der Waals surface area contributed by atoms with Crippen molar-refractivity contribution in [2.75, 3.05) is 12.4 Å². The second-order valence-corrected chi connectivity index (χ2v) is 5.56. The van der Waals surface area contributed by atoms with Crippen molar-refractivity contribution in [3.05, 3.63) is 34.4 Å². The van der Waals surface area contributed by atoms with E-state index in [9.17, 15) is 0 Å². The van der Waals surface area contributed by atoms with Crippen LogP contribution in [-0.4, -0.2) is 12.4 Å². The van der Waals surface area contributed by atoms with Crippen LogP contribution in [0.1, 0.15) is 36.1 Å². The molecule has 1 N–H and O–H groups in total. The molecule has 1 rings (SSSR count). The Kier molecular flexibility index (Phi) is 4.45. The van der Waals surface area contributed by atoms with Crippen LogP contribution >= 0.6 is 12.6 Å². The largest absolute Gasteiger partial charge is 0.307 e. The molecule has 1 aromatic rings. The van der Waals surface area contributed by atoms with Gasteiger partial charge in [0, 0.05) is 17.8 Å². The summed E-state index contributed by atoms with van der Waals surface area (Å²) in [5, 5.41) is 3.32. The molecule has 0 amide bonds. The van der Waals surface area contributed by atoms with Gasteiger partial charge in [0.1, 0.15) is 0 Å². The van der Waals surface area contributed by atoms with E-state index in [4.69, 9.17) is 0 Å². The fourth-order valence-electron chi connectivity index (χ4n) is 2.70. The first-order valence-electron chi connectivity index (χ1n) is 5.78. The summed E-state index contributed by atoms with van der Waals surface area (Å²) in [6.07, 6.45) is 0. The molecule has 0 fully saturated rings. The average molecular weight is 237 g/mol. The summed E-state index contributed by atoms with van der Waals surface area (Å²) >= 11 is 4.20. The van der Waals surface area contributed by atoms with E-state index in [-0.39, 0.29) is 5.41 Å². The molecule has 0 saturated heterocycles. The van der Waals surface area contributed by atoms with Gasteiger partial charge in [-0.2, -0.15) is 12.6 Å². The summed E-state index contributed by atoms with van der Waals surface area (Å²) < 4.78 is 0. The topological polar surface area (TPSA) is 12.0 Å². The summed E-state index contributed by atoms with van der Waals surface area (Å²) in [6, 6.07) is 4.54. The minimum Gasteiger partial charge on any atom is -0.307 e. The summed E-state index contributed by atoms with van der Waals surface area (Å²) in [5.74, 6) is 0.730. The van der Waals surface area contributed by atoms with Crippen LogP contribution in [0.4, 0.5) is 0 Å². The van der Waals surface area contributed by atoms with Crippen molar-refractivity contribution in [1.29, 1.82) is 0 Å². The minimum atomic E-state index is 0.157. The van der Waals surface area contributed by atoms with Gasteiger partial charge in [0.2, 0.25) is 0 Å². The molecule has 0 aliphatic rings. The summed E-state index contributed by atoms with van der Waals surface area (Å²) in [6.45, 7) is 12.1. The maximum Gasteiger partial charge on any atom is 0.0387 e. The first kappa shape index (κ1) is 13.6. The minimum absolute atomic E-state index is 0.157. The van der Waals surface area contributed by atoms with Crippen molar-refractivity contribution >= 4 is 12.6 Å². The van der Waals surface area contributed by atoms with Gasteiger partial charge in [-0.15, -0.1) is 0 Å². The predicted octanol–water partition coefficient (Wildman–Crippen LogP) is 3.37. The lowest BCUT2D eigenvalue weighted by Crippen LogP contribution is -2.33. The Bertz CT molecular complexity index is 346. The van der Waals surface area contributed by atoms with Gasteiger partial charge >= 0.3 is 0 Å². The smallest absolute Gasteiger partial charge is 0.0387 e. The number of nitrogens with one attached hydrogen (secondary N) is 1. The van der Waals surface area contributed by atoms with Crippen LogP contribution in [0, 0.1) is 20.8 Å². The second-order valence-electron chi connectivity index (χ2n) is 5.24. The Balaban J connectivity index is 3.11. The lowest BCUT2D eigenvalue weighted by Gasteiger charge is -2.29. The highest BCUT2D eigenvalue weighted by atomic mass is 32.1. The maximum atomic E-state index is 4.20. The van der Waals surface area contributed by atoms with Gasteiger partial charge in [0.15, 0.2) is 0 Å². The molecule has 0 unspecified atom stereocenters. The molecule has 1 nitrogen and oxygen atoms in total. The molecule has 0 spiro atoms. The molecule has 0 radical (unpaired) electrons. The second kappa shape index (κ2) is 5.24. The van der Waals surface area contributed by atoms with Crippen LogP contribution in [0.5, 0.6) is 0 Å². The Labute approximate surface area is 105 Å². The zero-order chi connectivity index (χ0) is 12.3. The van der Waals surface area contributed by atoms with E-state index in [2.05, 4.69) is 64.7 Å². The molecule has 90 valence electrons. The van der Waals surface area contributed by atoms with Crippen molar-refractivity contribution in [3.63, 3.8) is 0 Å². The Morgan fingerprint density at radius 3 is 2.06 bits per heavy atom. The third-order valence-electron chi connectivity index (χ3n) is 3.03. The molecule has 0 aromatic heterocycles. The fourth-order valence-corrected chi connectivity index (χ4v) is 2.82. The molecule has 0 saturated carbocycles. The Morgan fingerprint density at radius 1 is 1.12 bits per heavy atom. The molecular formula is C14H23NS. The Morgan fingerprint density at radius 2 is 1.62 bits per heavy atom. The predicted molar refractivity (Wildman–Crippen MR) is 75.5 cm³/mol. The van der Waals surface area contributed by atoms with Gasteiger partial charge in [-0.25, -0.2) is 0 Å². The first-order chi connectivity index (χ1) is 7.38. The fraction of sp³-hybridized carbons (Fsp3) is 0.571. The number of hydrogen-bond acceptors (Lipinski definition) is 2. The van der Waals surface area contributed by atoms with E-state index in [1.54, 1.807) is 0 Å². The van der Waals surface area contributed by atoms with Crippen LogP contribution in [0.25, 0.3) is 0 Å². The molecular weight excluding hydrogens is 214 g/mol. The van der Waals surface area contributed by atoms with E-state index in [0.29, 0.717) is 0 Å². The SMILES string of the molecule is Cc1cc(C)c(C(C)(C)CNCS)c(C)c1. The van der Waals surface area contributed by atoms with Crippen LogP contribution in [0.15, 0.2) is 12.1 Å². The van der Waals surface area contributed by atoms with Gasteiger partial charge in [-0.1, -0.05) is 31.5 Å². The number of rotatable bonds is 4. The standard InChI is InChI=1S/C14H23NS/c1-10-6-11(2)13(12(3)7-10)14(4,5)8-15-9-16/h6-7,15-16H,8-9H2,1-5H3. The first-order valence-corrected chi connectivity index (χ1v) is 6.41.